The van der Waals surface area contributed by atoms with Crippen LogP contribution in [0.15, 0.2) is 42.5 Å². The number of carbonyl (C=O) groups is 1. The van der Waals surface area contributed by atoms with Gasteiger partial charge in [-0.15, -0.1) is 0 Å². The van der Waals surface area contributed by atoms with E-state index in [-0.39, 0.29) is 11.5 Å². The minimum Gasteiger partial charge on any atom is -0.755 e. The molecule has 1 heterocycles. The summed E-state index contributed by atoms with van der Waals surface area (Å²) in [6, 6.07) is 12.4. The molecular weight excluding hydrogens is 340 g/mol. The van der Waals surface area contributed by atoms with Crippen LogP contribution in [0.2, 0.25) is 0 Å². The van der Waals surface area contributed by atoms with Gasteiger partial charge in [-0.3, -0.25) is 9.00 Å². The summed E-state index contributed by atoms with van der Waals surface area (Å²) >= 11 is -2.53. The SMILES string of the molecule is CC(=O)c1cc(NS(=O)[O-])c(Oc2ccccc2)c(N2CCCC2)c1. The molecule has 2 aromatic rings. The molecule has 1 aliphatic heterocycles. The highest BCUT2D eigenvalue weighted by molar-refractivity contribution is 7.80. The smallest absolute Gasteiger partial charge is 0.174 e. The van der Waals surface area contributed by atoms with E-state index in [2.05, 4.69) is 9.62 Å². The zero-order chi connectivity index (χ0) is 17.8. The van der Waals surface area contributed by atoms with Gasteiger partial charge in [0.15, 0.2) is 11.5 Å². The Morgan fingerprint density at radius 2 is 1.88 bits per heavy atom. The largest absolute Gasteiger partial charge is 0.755 e. The Kier molecular flexibility index (Phi) is 5.35. The van der Waals surface area contributed by atoms with Crippen LogP contribution in [0, 0.1) is 0 Å². The molecule has 7 heteroatoms. The van der Waals surface area contributed by atoms with Crippen LogP contribution >= 0.6 is 0 Å². The lowest BCUT2D eigenvalue weighted by Crippen LogP contribution is -2.19. The van der Waals surface area contributed by atoms with Crippen molar-refractivity contribution in [3.05, 3.63) is 48.0 Å². The summed E-state index contributed by atoms with van der Waals surface area (Å²) in [4.78, 5) is 14.0. The highest BCUT2D eigenvalue weighted by Crippen LogP contribution is 2.41. The lowest BCUT2D eigenvalue weighted by Gasteiger charge is -2.25. The first-order valence-electron chi connectivity index (χ1n) is 8.07. The fourth-order valence-corrected chi connectivity index (χ4v) is 3.22. The first-order valence-corrected chi connectivity index (χ1v) is 9.15. The molecular formula is C18H19N2O4S-. The monoisotopic (exact) mass is 359 g/mol. The number of nitrogens with zero attached hydrogens (tertiary/aromatic N) is 1. The van der Waals surface area contributed by atoms with E-state index < -0.39 is 11.3 Å². The average molecular weight is 359 g/mol. The van der Waals surface area contributed by atoms with Crippen LogP contribution in [0.3, 0.4) is 0 Å². The first-order chi connectivity index (χ1) is 12.0. The van der Waals surface area contributed by atoms with Crippen molar-refractivity contribution >= 4 is 28.4 Å². The van der Waals surface area contributed by atoms with E-state index >= 15 is 0 Å². The molecule has 132 valence electrons. The maximum atomic E-state index is 11.9. The van der Waals surface area contributed by atoms with Crippen molar-refractivity contribution < 1.29 is 18.3 Å². The zero-order valence-electron chi connectivity index (χ0n) is 13.9. The maximum absolute atomic E-state index is 11.9. The standard InChI is InChI=1S/C18H20N2O4S/c1-13(21)14-11-16(19-25(22)23)18(24-15-7-3-2-4-8-15)17(12-14)20-9-5-6-10-20/h2-4,7-8,11-12,19H,5-6,9-10H2,1H3,(H,22,23)/p-1. The molecule has 0 amide bonds. The van der Waals surface area contributed by atoms with Crippen molar-refractivity contribution in [3.63, 3.8) is 0 Å². The Bertz CT molecular complexity index is 789. The molecule has 1 unspecified atom stereocenters. The van der Waals surface area contributed by atoms with Crippen molar-refractivity contribution in [2.75, 3.05) is 22.7 Å². The third-order valence-corrected chi connectivity index (χ3v) is 4.47. The van der Waals surface area contributed by atoms with Gasteiger partial charge in [-0.2, -0.15) is 0 Å². The lowest BCUT2D eigenvalue weighted by molar-refractivity contribution is 0.101. The van der Waals surface area contributed by atoms with Crippen molar-refractivity contribution in [2.24, 2.45) is 0 Å². The normalized spacial score (nSPS) is 15.0. The van der Waals surface area contributed by atoms with Crippen LogP contribution in [0.1, 0.15) is 30.1 Å². The molecule has 0 saturated carbocycles. The highest BCUT2D eigenvalue weighted by Gasteiger charge is 2.22. The molecule has 0 aliphatic carbocycles. The van der Waals surface area contributed by atoms with Crippen LogP contribution in [0.5, 0.6) is 11.5 Å². The van der Waals surface area contributed by atoms with Crippen molar-refractivity contribution in [1.29, 1.82) is 0 Å². The molecule has 0 aromatic heterocycles. The Morgan fingerprint density at radius 1 is 1.20 bits per heavy atom. The Balaban J connectivity index is 2.12. The Morgan fingerprint density at radius 3 is 2.48 bits per heavy atom. The van der Waals surface area contributed by atoms with Crippen molar-refractivity contribution in [1.82, 2.24) is 0 Å². The van der Waals surface area contributed by atoms with Gasteiger partial charge < -0.3 is 18.9 Å². The van der Waals surface area contributed by atoms with E-state index in [9.17, 15) is 13.6 Å². The molecule has 3 rings (SSSR count). The summed E-state index contributed by atoms with van der Waals surface area (Å²) in [6.07, 6.45) is 2.09. The maximum Gasteiger partial charge on any atom is 0.174 e. The quantitative estimate of drug-likeness (QED) is 0.631. The minimum atomic E-state index is -2.53. The van der Waals surface area contributed by atoms with E-state index in [0.717, 1.165) is 31.6 Å². The lowest BCUT2D eigenvalue weighted by atomic mass is 10.1. The van der Waals surface area contributed by atoms with E-state index in [1.807, 2.05) is 18.2 Å². The number of Topliss-reactive ketones (excluding diaryl/α,β-unsaturated/α-hetero) is 1. The van der Waals surface area contributed by atoms with Crippen molar-refractivity contribution in [3.8, 4) is 11.5 Å². The second-order valence-corrected chi connectivity index (χ2v) is 6.55. The number of ketones is 1. The number of nitrogens with one attached hydrogen (secondary N) is 1. The van der Waals surface area contributed by atoms with Crippen LogP contribution in [-0.2, 0) is 11.3 Å². The van der Waals surface area contributed by atoms with E-state index in [1.54, 1.807) is 18.2 Å². The molecule has 0 bridgehead atoms. The Labute approximate surface area is 149 Å². The van der Waals surface area contributed by atoms with Gasteiger partial charge in [-0.05, 0) is 44.0 Å². The van der Waals surface area contributed by atoms with Crippen LogP contribution < -0.4 is 14.4 Å². The van der Waals surface area contributed by atoms with Crippen LogP contribution in [-0.4, -0.2) is 27.6 Å². The number of benzene rings is 2. The molecule has 1 saturated heterocycles. The second-order valence-electron chi connectivity index (χ2n) is 5.87. The average Bonchev–Trinajstić information content (AvgIpc) is 3.11. The number of rotatable bonds is 6. The van der Waals surface area contributed by atoms with Gasteiger partial charge in [0, 0.05) is 29.9 Å². The summed E-state index contributed by atoms with van der Waals surface area (Å²) in [5, 5.41) is 0. The molecule has 2 aromatic carbocycles. The van der Waals surface area contributed by atoms with Gasteiger partial charge in [-0.1, -0.05) is 18.2 Å². The molecule has 1 fully saturated rings. The molecule has 6 nitrogen and oxygen atoms in total. The van der Waals surface area contributed by atoms with Crippen molar-refractivity contribution in [2.45, 2.75) is 19.8 Å². The highest BCUT2D eigenvalue weighted by atomic mass is 32.2. The summed E-state index contributed by atoms with van der Waals surface area (Å²) in [5.41, 5.74) is 1.42. The fourth-order valence-electron chi connectivity index (χ4n) is 2.89. The molecule has 25 heavy (non-hydrogen) atoms. The third-order valence-electron chi connectivity index (χ3n) is 4.08. The minimum absolute atomic E-state index is 0.133. The number of hydrogen-bond acceptors (Lipinski definition) is 5. The second kappa shape index (κ2) is 7.67. The fraction of sp³-hybridized carbons (Fsp3) is 0.278. The predicted molar refractivity (Wildman–Crippen MR) is 97.0 cm³/mol. The number of anilines is 2. The molecule has 1 aliphatic rings. The van der Waals surface area contributed by atoms with Gasteiger partial charge in [0.05, 0.1) is 11.4 Å². The van der Waals surface area contributed by atoms with Crippen LogP contribution in [0.25, 0.3) is 0 Å². The molecule has 0 spiro atoms. The summed E-state index contributed by atoms with van der Waals surface area (Å²) in [7, 11) is 0. The van der Waals surface area contributed by atoms with Gasteiger partial charge in [0.25, 0.3) is 0 Å². The van der Waals surface area contributed by atoms with E-state index in [0.29, 0.717) is 17.1 Å². The van der Waals surface area contributed by atoms with Gasteiger partial charge in [0.2, 0.25) is 0 Å². The molecule has 1 atom stereocenters. The molecule has 0 radical (unpaired) electrons. The summed E-state index contributed by atoms with van der Waals surface area (Å²) in [5.74, 6) is 0.868. The van der Waals surface area contributed by atoms with Gasteiger partial charge >= 0.3 is 0 Å². The van der Waals surface area contributed by atoms with Gasteiger partial charge in [0.1, 0.15) is 5.75 Å². The topological polar surface area (TPSA) is 81.7 Å². The number of ether oxygens (including phenoxy) is 1. The number of carbonyl (C=O) groups excluding carboxylic acids is 1. The summed E-state index contributed by atoms with van der Waals surface area (Å²) < 4.78 is 30.8. The number of para-hydroxylation sites is 1. The zero-order valence-corrected chi connectivity index (χ0v) is 14.7. The third kappa shape index (κ3) is 4.18. The Hall–Kier alpha value is -2.38. The predicted octanol–water partition coefficient (Wildman–Crippen LogP) is 3.49. The van der Waals surface area contributed by atoms with E-state index in [1.165, 1.54) is 13.0 Å². The number of hydrogen-bond donors (Lipinski definition) is 1. The van der Waals surface area contributed by atoms with E-state index in [4.69, 9.17) is 4.74 Å². The summed E-state index contributed by atoms with van der Waals surface area (Å²) in [6.45, 7) is 3.14. The first kappa shape index (κ1) is 17.4. The van der Waals surface area contributed by atoms with Crippen LogP contribution in [0.4, 0.5) is 11.4 Å². The molecule has 1 N–H and O–H groups in total. The van der Waals surface area contributed by atoms with Gasteiger partial charge in [-0.25, -0.2) is 0 Å².